The fourth-order valence-electron chi connectivity index (χ4n) is 2.43. The van der Waals surface area contributed by atoms with Crippen molar-refractivity contribution in [3.8, 4) is 5.75 Å². The zero-order valence-electron chi connectivity index (χ0n) is 13.0. The lowest BCUT2D eigenvalue weighted by molar-refractivity contribution is 0.241. The second-order valence-corrected chi connectivity index (χ2v) is 6.41. The van der Waals surface area contributed by atoms with Gasteiger partial charge in [-0.05, 0) is 43.5 Å². The second kappa shape index (κ2) is 7.59. The number of benzene rings is 1. The van der Waals surface area contributed by atoms with Crippen LogP contribution in [0.25, 0.3) is 0 Å². The molecule has 0 saturated heterocycles. The van der Waals surface area contributed by atoms with E-state index in [-0.39, 0.29) is 6.04 Å². The first-order valence-corrected chi connectivity index (χ1v) is 8.11. The third-order valence-corrected chi connectivity index (χ3v) is 4.86. The fraction of sp³-hybridized carbons (Fsp3) is 0.412. The molecule has 0 amide bonds. The number of methoxy groups -OCH3 is 1. The molecule has 2 N–H and O–H groups in total. The summed E-state index contributed by atoms with van der Waals surface area (Å²) in [7, 11) is 3.85. The summed E-state index contributed by atoms with van der Waals surface area (Å²) in [6.07, 6.45) is 0.956. The van der Waals surface area contributed by atoms with Gasteiger partial charge in [0.1, 0.15) is 5.75 Å². The number of ether oxygens (including phenoxy) is 1. The van der Waals surface area contributed by atoms with Crippen LogP contribution < -0.4 is 10.5 Å². The van der Waals surface area contributed by atoms with Crippen LogP contribution in [0.5, 0.6) is 5.75 Å². The number of nitrogens with two attached hydrogens (primary N) is 1. The molecule has 2 rings (SSSR count). The number of nitrogens with zero attached hydrogens (tertiary/aromatic N) is 1. The zero-order chi connectivity index (χ0) is 15.2. The number of hydrogen-bond acceptors (Lipinski definition) is 4. The van der Waals surface area contributed by atoms with Gasteiger partial charge in [-0.25, -0.2) is 0 Å². The van der Waals surface area contributed by atoms with E-state index in [4.69, 9.17) is 10.5 Å². The van der Waals surface area contributed by atoms with Gasteiger partial charge in [0.05, 0.1) is 13.2 Å². The quantitative estimate of drug-likeness (QED) is 0.853. The Hall–Kier alpha value is -1.36. The van der Waals surface area contributed by atoms with Crippen molar-refractivity contribution in [1.29, 1.82) is 0 Å². The summed E-state index contributed by atoms with van der Waals surface area (Å²) in [6.45, 7) is 3.09. The molecular formula is C17H24N2OS. The molecular weight excluding hydrogens is 280 g/mol. The molecule has 3 nitrogen and oxygen atoms in total. The van der Waals surface area contributed by atoms with E-state index in [1.165, 1.54) is 10.4 Å². The minimum atomic E-state index is 0.0788. The molecule has 0 aliphatic heterocycles. The summed E-state index contributed by atoms with van der Waals surface area (Å²) in [4.78, 5) is 3.56. The Labute approximate surface area is 131 Å². The van der Waals surface area contributed by atoms with Crippen LogP contribution in [-0.2, 0) is 6.42 Å². The molecule has 0 fully saturated rings. The van der Waals surface area contributed by atoms with Crippen molar-refractivity contribution >= 4 is 11.3 Å². The molecule has 0 spiro atoms. The smallest absolute Gasteiger partial charge is 0.122 e. The maximum absolute atomic E-state index is 6.27. The minimum absolute atomic E-state index is 0.0788. The number of hydrogen-bond donors (Lipinski definition) is 1. The summed E-state index contributed by atoms with van der Waals surface area (Å²) in [5, 5.41) is 2.08. The lowest BCUT2D eigenvalue weighted by Crippen LogP contribution is -2.36. The van der Waals surface area contributed by atoms with Crippen molar-refractivity contribution in [1.82, 2.24) is 4.90 Å². The predicted octanol–water partition coefficient (Wildman–Crippen LogP) is 3.32. The fourth-order valence-corrected chi connectivity index (χ4v) is 3.15. The van der Waals surface area contributed by atoms with Crippen LogP contribution in [0.4, 0.5) is 0 Å². The molecule has 0 aliphatic carbocycles. The van der Waals surface area contributed by atoms with E-state index < -0.39 is 0 Å². The first-order chi connectivity index (χ1) is 10.1. The first kappa shape index (κ1) is 16.0. The van der Waals surface area contributed by atoms with Crippen molar-refractivity contribution in [2.24, 2.45) is 5.73 Å². The van der Waals surface area contributed by atoms with Gasteiger partial charge in [0, 0.05) is 17.5 Å². The molecule has 1 aromatic carbocycles. The maximum Gasteiger partial charge on any atom is 0.122 e. The van der Waals surface area contributed by atoms with E-state index in [2.05, 4.69) is 48.5 Å². The van der Waals surface area contributed by atoms with Crippen molar-refractivity contribution in [3.05, 3.63) is 52.2 Å². The van der Waals surface area contributed by atoms with Gasteiger partial charge in [-0.1, -0.05) is 24.3 Å². The molecule has 0 radical (unpaired) electrons. The lowest BCUT2D eigenvalue weighted by Gasteiger charge is -2.27. The molecule has 2 aromatic rings. The molecule has 0 saturated carbocycles. The van der Waals surface area contributed by atoms with Gasteiger partial charge in [0.25, 0.3) is 0 Å². The number of likely N-dealkylation sites (N-methyl/N-ethyl adjacent to an activating group) is 1. The van der Waals surface area contributed by atoms with E-state index in [1.54, 1.807) is 18.4 Å². The van der Waals surface area contributed by atoms with E-state index in [0.29, 0.717) is 6.04 Å². The largest absolute Gasteiger partial charge is 0.496 e. The Morgan fingerprint density at radius 2 is 2.00 bits per heavy atom. The van der Waals surface area contributed by atoms with Crippen molar-refractivity contribution in [3.63, 3.8) is 0 Å². The van der Waals surface area contributed by atoms with Gasteiger partial charge in [-0.3, -0.25) is 0 Å². The summed E-state index contributed by atoms with van der Waals surface area (Å²) in [5.74, 6) is 0.959. The molecule has 1 heterocycles. The monoisotopic (exact) mass is 304 g/mol. The van der Waals surface area contributed by atoms with E-state index >= 15 is 0 Å². The Morgan fingerprint density at radius 1 is 1.24 bits per heavy atom. The van der Waals surface area contributed by atoms with Gasteiger partial charge in [0.2, 0.25) is 0 Å². The van der Waals surface area contributed by atoms with Gasteiger partial charge in [-0.15, -0.1) is 11.3 Å². The van der Waals surface area contributed by atoms with Gasteiger partial charge < -0.3 is 15.4 Å². The van der Waals surface area contributed by atoms with Gasteiger partial charge in [-0.2, -0.15) is 0 Å². The highest BCUT2D eigenvalue weighted by Crippen LogP contribution is 2.22. The standard InChI is InChI=1S/C17H24N2OS/c1-13(11-14-7-4-5-8-16(14)20-3)19(2)12-15(18)17-9-6-10-21-17/h4-10,13,15H,11-12,18H2,1-3H3. The van der Waals surface area contributed by atoms with Crippen molar-refractivity contribution in [2.45, 2.75) is 25.4 Å². The molecule has 0 bridgehead atoms. The van der Waals surface area contributed by atoms with Crippen molar-refractivity contribution in [2.75, 3.05) is 20.7 Å². The Balaban J connectivity index is 1.94. The van der Waals surface area contributed by atoms with Crippen LogP contribution in [0.2, 0.25) is 0 Å². The van der Waals surface area contributed by atoms with Crippen molar-refractivity contribution < 1.29 is 4.74 Å². The van der Waals surface area contributed by atoms with E-state index in [1.807, 2.05) is 12.1 Å². The zero-order valence-corrected chi connectivity index (χ0v) is 13.8. The second-order valence-electron chi connectivity index (χ2n) is 5.43. The predicted molar refractivity (Wildman–Crippen MR) is 90.0 cm³/mol. The summed E-state index contributed by atoms with van der Waals surface area (Å²) in [5.41, 5.74) is 7.51. The molecule has 4 heteroatoms. The van der Waals surface area contributed by atoms with Crippen LogP contribution in [0.3, 0.4) is 0 Å². The Kier molecular flexibility index (Phi) is 5.79. The van der Waals surface area contributed by atoms with Gasteiger partial charge in [0.15, 0.2) is 0 Å². The Bertz CT molecular complexity index is 541. The number of rotatable bonds is 7. The summed E-state index contributed by atoms with van der Waals surface area (Å²) in [6, 6.07) is 12.8. The molecule has 114 valence electrons. The number of thiophene rings is 1. The van der Waals surface area contributed by atoms with Crippen LogP contribution in [0.15, 0.2) is 41.8 Å². The highest BCUT2D eigenvalue weighted by molar-refractivity contribution is 7.10. The minimum Gasteiger partial charge on any atom is -0.496 e. The molecule has 2 unspecified atom stereocenters. The van der Waals surface area contributed by atoms with Crippen LogP contribution in [0, 0.1) is 0 Å². The average molecular weight is 304 g/mol. The third-order valence-electron chi connectivity index (χ3n) is 3.85. The summed E-state index contributed by atoms with van der Waals surface area (Å²) < 4.78 is 5.42. The van der Waals surface area contributed by atoms with Crippen LogP contribution >= 0.6 is 11.3 Å². The van der Waals surface area contributed by atoms with Gasteiger partial charge >= 0.3 is 0 Å². The lowest BCUT2D eigenvalue weighted by atomic mass is 10.0. The maximum atomic E-state index is 6.27. The number of para-hydroxylation sites is 1. The average Bonchev–Trinajstić information content (AvgIpc) is 3.02. The topological polar surface area (TPSA) is 38.5 Å². The summed E-state index contributed by atoms with van der Waals surface area (Å²) >= 11 is 1.72. The highest BCUT2D eigenvalue weighted by atomic mass is 32.1. The first-order valence-electron chi connectivity index (χ1n) is 7.23. The SMILES string of the molecule is COc1ccccc1CC(C)N(C)CC(N)c1cccs1. The Morgan fingerprint density at radius 3 is 2.67 bits per heavy atom. The van der Waals surface area contributed by atoms with E-state index in [0.717, 1.165) is 18.7 Å². The van der Waals surface area contributed by atoms with Crippen LogP contribution in [-0.4, -0.2) is 31.6 Å². The molecule has 2 atom stereocenters. The normalized spacial score (nSPS) is 14.1. The molecule has 0 aliphatic rings. The highest BCUT2D eigenvalue weighted by Gasteiger charge is 2.16. The van der Waals surface area contributed by atoms with E-state index in [9.17, 15) is 0 Å². The molecule has 21 heavy (non-hydrogen) atoms. The molecule has 1 aromatic heterocycles. The third kappa shape index (κ3) is 4.30. The van der Waals surface area contributed by atoms with Crippen LogP contribution in [0.1, 0.15) is 23.4 Å².